The number of likely N-dealkylation sites (tertiary alicyclic amines) is 1. The highest BCUT2D eigenvalue weighted by Gasteiger charge is 2.25. The summed E-state index contributed by atoms with van der Waals surface area (Å²) in [6.07, 6.45) is 3.19. The minimum Gasteiger partial charge on any atom is -0.338 e. The topological polar surface area (TPSA) is 46.3 Å². The molecular formula is C13H19ClN2OS. The first kappa shape index (κ1) is 13.8. The van der Waals surface area contributed by atoms with Gasteiger partial charge in [-0.05, 0) is 49.6 Å². The van der Waals surface area contributed by atoms with Crippen molar-refractivity contribution in [3.8, 4) is 0 Å². The normalized spacial score (nSPS) is 17.2. The van der Waals surface area contributed by atoms with Crippen molar-refractivity contribution in [3.63, 3.8) is 0 Å². The van der Waals surface area contributed by atoms with E-state index >= 15 is 0 Å². The van der Waals surface area contributed by atoms with Crippen molar-refractivity contribution in [1.29, 1.82) is 0 Å². The number of piperidine rings is 1. The molecule has 0 bridgehead atoms. The van der Waals surface area contributed by atoms with Crippen molar-refractivity contribution in [2.75, 3.05) is 19.6 Å². The van der Waals surface area contributed by atoms with Crippen molar-refractivity contribution in [2.45, 2.75) is 26.2 Å². The maximum Gasteiger partial charge on any atom is 0.265 e. The Labute approximate surface area is 117 Å². The lowest BCUT2D eigenvalue weighted by Gasteiger charge is -2.31. The van der Waals surface area contributed by atoms with Crippen LogP contribution in [0.2, 0.25) is 5.02 Å². The Morgan fingerprint density at radius 3 is 2.72 bits per heavy atom. The van der Waals surface area contributed by atoms with Crippen LogP contribution >= 0.6 is 22.9 Å². The fourth-order valence-electron chi connectivity index (χ4n) is 2.38. The van der Waals surface area contributed by atoms with Gasteiger partial charge in [0.2, 0.25) is 0 Å². The van der Waals surface area contributed by atoms with E-state index < -0.39 is 0 Å². The van der Waals surface area contributed by atoms with E-state index in [0.29, 0.717) is 15.8 Å². The Morgan fingerprint density at radius 1 is 1.56 bits per heavy atom. The van der Waals surface area contributed by atoms with Crippen LogP contribution in [-0.4, -0.2) is 30.4 Å². The standard InChI is InChI=1S/C13H19ClN2OS/c1-9-8-18-12(11(9)14)13(17)16-6-3-10(2-5-15)4-7-16/h8,10H,2-7,15H2,1H3. The smallest absolute Gasteiger partial charge is 0.265 e. The molecular weight excluding hydrogens is 268 g/mol. The predicted molar refractivity (Wildman–Crippen MR) is 76.4 cm³/mol. The second-order valence-corrected chi connectivity index (χ2v) is 6.13. The molecule has 18 heavy (non-hydrogen) atoms. The van der Waals surface area contributed by atoms with Crippen LogP contribution in [0.15, 0.2) is 5.38 Å². The number of carbonyl (C=O) groups is 1. The first-order valence-corrected chi connectivity index (χ1v) is 7.62. The van der Waals surface area contributed by atoms with E-state index in [1.807, 2.05) is 17.2 Å². The highest BCUT2D eigenvalue weighted by Crippen LogP contribution is 2.30. The maximum absolute atomic E-state index is 12.3. The van der Waals surface area contributed by atoms with Crippen molar-refractivity contribution < 1.29 is 4.79 Å². The van der Waals surface area contributed by atoms with Gasteiger partial charge in [0, 0.05) is 13.1 Å². The van der Waals surface area contributed by atoms with Crippen LogP contribution in [0.1, 0.15) is 34.5 Å². The summed E-state index contributed by atoms with van der Waals surface area (Å²) in [5, 5.41) is 2.56. The predicted octanol–water partition coefficient (Wildman–Crippen LogP) is 2.91. The zero-order valence-electron chi connectivity index (χ0n) is 10.6. The summed E-state index contributed by atoms with van der Waals surface area (Å²) in [6, 6.07) is 0. The molecule has 2 N–H and O–H groups in total. The third-order valence-electron chi connectivity index (χ3n) is 3.57. The summed E-state index contributed by atoms with van der Waals surface area (Å²) in [4.78, 5) is 14.9. The van der Waals surface area contributed by atoms with Gasteiger partial charge < -0.3 is 10.6 Å². The average molecular weight is 287 g/mol. The molecule has 100 valence electrons. The molecule has 0 saturated carbocycles. The van der Waals surface area contributed by atoms with Gasteiger partial charge in [-0.15, -0.1) is 11.3 Å². The third kappa shape index (κ3) is 2.87. The van der Waals surface area contributed by atoms with Crippen LogP contribution < -0.4 is 5.73 Å². The molecule has 5 heteroatoms. The largest absolute Gasteiger partial charge is 0.338 e. The molecule has 1 fully saturated rings. The Kier molecular flexibility index (Phi) is 4.65. The van der Waals surface area contributed by atoms with Crippen LogP contribution in [-0.2, 0) is 0 Å². The summed E-state index contributed by atoms with van der Waals surface area (Å²) in [5.41, 5.74) is 6.56. The summed E-state index contributed by atoms with van der Waals surface area (Å²) >= 11 is 7.59. The Morgan fingerprint density at radius 2 is 2.22 bits per heavy atom. The molecule has 0 unspecified atom stereocenters. The average Bonchev–Trinajstić information content (AvgIpc) is 2.71. The maximum atomic E-state index is 12.3. The van der Waals surface area contributed by atoms with Gasteiger partial charge in [0.15, 0.2) is 0 Å². The Bertz CT molecular complexity index is 425. The molecule has 1 aromatic heterocycles. The minimum absolute atomic E-state index is 0.0873. The highest BCUT2D eigenvalue weighted by atomic mass is 35.5. The third-order valence-corrected chi connectivity index (χ3v) is 5.25. The quantitative estimate of drug-likeness (QED) is 0.929. The lowest BCUT2D eigenvalue weighted by Crippen LogP contribution is -2.38. The number of halogens is 1. The number of hydrogen-bond acceptors (Lipinski definition) is 3. The molecule has 0 radical (unpaired) electrons. The van der Waals surface area contributed by atoms with E-state index in [-0.39, 0.29) is 5.91 Å². The Hall–Kier alpha value is -0.580. The van der Waals surface area contributed by atoms with E-state index in [1.54, 1.807) is 0 Å². The summed E-state index contributed by atoms with van der Waals surface area (Å²) < 4.78 is 0. The van der Waals surface area contributed by atoms with Gasteiger partial charge in [0.1, 0.15) is 4.88 Å². The van der Waals surface area contributed by atoms with Crippen molar-refractivity contribution in [1.82, 2.24) is 4.90 Å². The van der Waals surface area contributed by atoms with Crippen LogP contribution in [0.5, 0.6) is 0 Å². The molecule has 1 saturated heterocycles. The van der Waals surface area contributed by atoms with Crippen LogP contribution in [0.3, 0.4) is 0 Å². The number of rotatable bonds is 3. The van der Waals surface area contributed by atoms with Crippen molar-refractivity contribution >= 4 is 28.8 Å². The highest BCUT2D eigenvalue weighted by molar-refractivity contribution is 7.13. The lowest BCUT2D eigenvalue weighted by molar-refractivity contribution is 0.0693. The first-order chi connectivity index (χ1) is 8.63. The fourth-order valence-corrected chi connectivity index (χ4v) is 3.62. The summed E-state index contributed by atoms with van der Waals surface area (Å²) in [7, 11) is 0. The number of carbonyl (C=O) groups excluding carboxylic acids is 1. The van der Waals surface area contributed by atoms with E-state index in [2.05, 4.69) is 0 Å². The van der Waals surface area contributed by atoms with Gasteiger partial charge in [-0.2, -0.15) is 0 Å². The molecule has 2 rings (SSSR count). The van der Waals surface area contributed by atoms with Gasteiger partial charge >= 0.3 is 0 Å². The second-order valence-electron chi connectivity index (χ2n) is 4.87. The van der Waals surface area contributed by atoms with Gasteiger partial charge in [0.25, 0.3) is 5.91 Å². The number of nitrogens with two attached hydrogens (primary N) is 1. The van der Waals surface area contributed by atoms with Crippen LogP contribution in [0.25, 0.3) is 0 Å². The van der Waals surface area contributed by atoms with Gasteiger partial charge in [-0.25, -0.2) is 0 Å². The lowest BCUT2D eigenvalue weighted by atomic mass is 9.93. The number of nitrogens with zero attached hydrogens (tertiary/aromatic N) is 1. The SMILES string of the molecule is Cc1csc(C(=O)N2CCC(CCN)CC2)c1Cl. The zero-order chi connectivity index (χ0) is 13.1. The molecule has 0 spiro atoms. The first-order valence-electron chi connectivity index (χ1n) is 6.36. The number of aryl methyl sites for hydroxylation is 1. The Balaban J connectivity index is 1.97. The van der Waals surface area contributed by atoms with Gasteiger partial charge in [-0.1, -0.05) is 11.6 Å². The summed E-state index contributed by atoms with van der Waals surface area (Å²) in [6.45, 7) is 4.34. The fraction of sp³-hybridized carbons (Fsp3) is 0.615. The molecule has 1 aliphatic heterocycles. The molecule has 1 aliphatic rings. The van der Waals surface area contributed by atoms with E-state index in [9.17, 15) is 4.79 Å². The summed E-state index contributed by atoms with van der Waals surface area (Å²) in [5.74, 6) is 0.767. The van der Waals surface area contributed by atoms with E-state index in [0.717, 1.165) is 44.5 Å². The van der Waals surface area contributed by atoms with Crippen molar-refractivity contribution in [2.24, 2.45) is 11.7 Å². The number of amides is 1. The van der Waals surface area contributed by atoms with E-state index in [1.165, 1.54) is 11.3 Å². The zero-order valence-corrected chi connectivity index (χ0v) is 12.2. The van der Waals surface area contributed by atoms with Crippen LogP contribution in [0.4, 0.5) is 0 Å². The minimum atomic E-state index is 0.0873. The molecule has 0 aromatic carbocycles. The van der Waals surface area contributed by atoms with Crippen molar-refractivity contribution in [3.05, 3.63) is 20.8 Å². The number of hydrogen-bond donors (Lipinski definition) is 1. The van der Waals surface area contributed by atoms with Gasteiger partial charge in [-0.3, -0.25) is 4.79 Å². The second kappa shape index (κ2) is 6.04. The molecule has 0 aliphatic carbocycles. The molecule has 2 heterocycles. The monoisotopic (exact) mass is 286 g/mol. The van der Waals surface area contributed by atoms with Gasteiger partial charge in [0.05, 0.1) is 5.02 Å². The van der Waals surface area contributed by atoms with E-state index in [4.69, 9.17) is 17.3 Å². The van der Waals surface area contributed by atoms with Crippen LogP contribution in [0, 0.1) is 12.8 Å². The number of thiophene rings is 1. The molecule has 1 amide bonds. The molecule has 0 atom stereocenters. The molecule has 1 aromatic rings. The molecule has 3 nitrogen and oxygen atoms in total.